The van der Waals surface area contributed by atoms with Gasteiger partial charge in [-0.25, -0.2) is 8.78 Å². The Kier molecular flexibility index (Phi) is 5.35. The second-order valence-corrected chi connectivity index (χ2v) is 3.87. The van der Waals surface area contributed by atoms with Crippen LogP contribution in [0.3, 0.4) is 0 Å². The minimum atomic E-state index is -0.768. The largest absolute Gasteiger partial charge is 0.318 e. The molecule has 0 bridgehead atoms. The first kappa shape index (κ1) is 13.1. The van der Waals surface area contributed by atoms with Crippen molar-refractivity contribution >= 4 is 0 Å². The van der Waals surface area contributed by atoms with Gasteiger partial charge in [-0.05, 0) is 32.1 Å². The van der Waals surface area contributed by atoms with Crippen LogP contribution in [-0.4, -0.2) is 38.6 Å². The van der Waals surface area contributed by atoms with E-state index < -0.39 is 11.6 Å². The van der Waals surface area contributed by atoms with Crippen molar-refractivity contribution in [3.8, 4) is 0 Å². The van der Waals surface area contributed by atoms with Gasteiger partial charge in [-0.1, -0.05) is 12.1 Å². The van der Waals surface area contributed by atoms with Crippen LogP contribution in [0.5, 0.6) is 0 Å². The maximum absolute atomic E-state index is 13.3. The highest BCUT2D eigenvalue weighted by molar-refractivity contribution is 5.19. The zero-order chi connectivity index (χ0) is 12.0. The lowest BCUT2D eigenvalue weighted by molar-refractivity contribution is 0.337. The van der Waals surface area contributed by atoms with Gasteiger partial charge >= 0.3 is 0 Å². The number of likely N-dealkylation sites (N-methyl/N-ethyl adjacent to an activating group) is 2. The monoisotopic (exact) mass is 228 g/mol. The Labute approximate surface area is 95.3 Å². The SMILES string of the molecule is CNCCN(C)CCc1cccc(F)c1F. The lowest BCUT2D eigenvalue weighted by Gasteiger charge is -2.16. The average Bonchev–Trinajstić information content (AvgIpc) is 2.28. The van der Waals surface area contributed by atoms with Crippen molar-refractivity contribution in [3.05, 3.63) is 35.4 Å². The Bertz CT molecular complexity index is 329. The van der Waals surface area contributed by atoms with Crippen molar-refractivity contribution in [2.45, 2.75) is 6.42 Å². The van der Waals surface area contributed by atoms with Crippen LogP contribution in [0, 0.1) is 11.6 Å². The Morgan fingerprint density at radius 2 is 2.00 bits per heavy atom. The summed E-state index contributed by atoms with van der Waals surface area (Å²) in [6.45, 7) is 2.51. The molecule has 0 unspecified atom stereocenters. The molecule has 1 rings (SSSR count). The third-order valence-corrected chi connectivity index (χ3v) is 2.54. The average molecular weight is 228 g/mol. The van der Waals surface area contributed by atoms with Crippen LogP contribution >= 0.6 is 0 Å². The second-order valence-electron chi connectivity index (χ2n) is 3.87. The lowest BCUT2D eigenvalue weighted by atomic mass is 10.1. The van der Waals surface area contributed by atoms with Crippen molar-refractivity contribution in [1.29, 1.82) is 0 Å². The van der Waals surface area contributed by atoms with Crippen molar-refractivity contribution in [2.24, 2.45) is 0 Å². The summed E-state index contributed by atoms with van der Waals surface area (Å²) in [5, 5.41) is 3.04. The zero-order valence-corrected chi connectivity index (χ0v) is 9.76. The van der Waals surface area contributed by atoms with Gasteiger partial charge in [-0.15, -0.1) is 0 Å². The molecule has 0 amide bonds. The van der Waals surface area contributed by atoms with E-state index in [0.717, 1.165) is 25.7 Å². The van der Waals surface area contributed by atoms with E-state index in [1.54, 1.807) is 12.1 Å². The first-order valence-electron chi connectivity index (χ1n) is 5.41. The standard InChI is InChI=1S/C12H18F2N2/c1-15-7-9-16(2)8-6-10-4-3-5-11(13)12(10)14/h3-5,15H,6-9H2,1-2H3. The molecule has 0 fully saturated rings. The highest BCUT2D eigenvalue weighted by Crippen LogP contribution is 2.11. The number of rotatable bonds is 6. The van der Waals surface area contributed by atoms with Gasteiger partial charge in [0.1, 0.15) is 0 Å². The van der Waals surface area contributed by atoms with E-state index in [9.17, 15) is 8.78 Å². The van der Waals surface area contributed by atoms with Gasteiger partial charge in [0.15, 0.2) is 11.6 Å². The first-order chi connectivity index (χ1) is 7.65. The second kappa shape index (κ2) is 6.55. The van der Waals surface area contributed by atoms with Gasteiger partial charge in [0.2, 0.25) is 0 Å². The van der Waals surface area contributed by atoms with E-state index in [-0.39, 0.29) is 0 Å². The third-order valence-electron chi connectivity index (χ3n) is 2.54. The maximum Gasteiger partial charge on any atom is 0.162 e. The summed E-state index contributed by atoms with van der Waals surface area (Å²) >= 11 is 0. The molecule has 16 heavy (non-hydrogen) atoms. The van der Waals surface area contributed by atoms with Crippen LogP contribution in [0.2, 0.25) is 0 Å². The minimum absolute atomic E-state index is 0.441. The Morgan fingerprint density at radius 1 is 1.25 bits per heavy atom. The topological polar surface area (TPSA) is 15.3 Å². The van der Waals surface area contributed by atoms with E-state index in [2.05, 4.69) is 10.2 Å². The molecule has 0 radical (unpaired) electrons. The van der Waals surface area contributed by atoms with Gasteiger partial charge in [0.05, 0.1) is 0 Å². The molecule has 4 heteroatoms. The molecular formula is C12H18F2N2. The van der Waals surface area contributed by atoms with E-state index in [0.29, 0.717) is 12.0 Å². The summed E-state index contributed by atoms with van der Waals surface area (Å²) in [5.74, 6) is -1.49. The van der Waals surface area contributed by atoms with Gasteiger partial charge in [0.25, 0.3) is 0 Å². The number of hydrogen-bond acceptors (Lipinski definition) is 2. The van der Waals surface area contributed by atoms with Crippen LogP contribution in [0.1, 0.15) is 5.56 Å². The Balaban J connectivity index is 2.45. The van der Waals surface area contributed by atoms with Crippen LogP contribution in [0.15, 0.2) is 18.2 Å². The molecule has 2 nitrogen and oxygen atoms in total. The molecule has 0 spiro atoms. The molecule has 90 valence electrons. The smallest absolute Gasteiger partial charge is 0.162 e. The number of nitrogens with zero attached hydrogens (tertiary/aromatic N) is 1. The van der Waals surface area contributed by atoms with Crippen LogP contribution < -0.4 is 5.32 Å². The van der Waals surface area contributed by atoms with Crippen molar-refractivity contribution in [3.63, 3.8) is 0 Å². The van der Waals surface area contributed by atoms with Gasteiger partial charge < -0.3 is 10.2 Å². The van der Waals surface area contributed by atoms with E-state index in [1.165, 1.54) is 0 Å². The number of hydrogen-bond donors (Lipinski definition) is 1. The van der Waals surface area contributed by atoms with Gasteiger partial charge in [0, 0.05) is 19.6 Å². The summed E-state index contributed by atoms with van der Waals surface area (Å²) in [4.78, 5) is 2.08. The third kappa shape index (κ3) is 3.87. The highest BCUT2D eigenvalue weighted by atomic mass is 19.2. The molecule has 0 aliphatic carbocycles. The summed E-state index contributed by atoms with van der Waals surface area (Å²) in [6.07, 6.45) is 0.532. The lowest BCUT2D eigenvalue weighted by Crippen LogP contribution is -2.29. The predicted octanol–water partition coefficient (Wildman–Crippen LogP) is 1.66. The maximum atomic E-state index is 13.3. The Morgan fingerprint density at radius 3 is 2.69 bits per heavy atom. The van der Waals surface area contributed by atoms with Crippen molar-refractivity contribution < 1.29 is 8.78 Å². The van der Waals surface area contributed by atoms with E-state index in [1.807, 2.05) is 14.1 Å². The Hall–Kier alpha value is -1.00. The fraction of sp³-hybridized carbons (Fsp3) is 0.500. The molecule has 0 saturated heterocycles. The molecule has 0 aromatic heterocycles. The zero-order valence-electron chi connectivity index (χ0n) is 9.76. The van der Waals surface area contributed by atoms with Crippen molar-refractivity contribution in [2.75, 3.05) is 33.7 Å². The van der Waals surface area contributed by atoms with Crippen molar-refractivity contribution in [1.82, 2.24) is 10.2 Å². The van der Waals surface area contributed by atoms with E-state index >= 15 is 0 Å². The van der Waals surface area contributed by atoms with Crippen LogP contribution in [0.4, 0.5) is 8.78 Å². The highest BCUT2D eigenvalue weighted by Gasteiger charge is 2.07. The van der Waals surface area contributed by atoms with E-state index in [4.69, 9.17) is 0 Å². The summed E-state index contributed by atoms with van der Waals surface area (Å²) in [5.41, 5.74) is 0.441. The molecule has 0 saturated carbocycles. The summed E-state index contributed by atoms with van der Waals surface area (Å²) in [6, 6.07) is 4.31. The minimum Gasteiger partial charge on any atom is -0.318 e. The van der Waals surface area contributed by atoms with Crippen LogP contribution in [0.25, 0.3) is 0 Å². The van der Waals surface area contributed by atoms with Crippen LogP contribution in [-0.2, 0) is 6.42 Å². The van der Waals surface area contributed by atoms with Gasteiger partial charge in [-0.3, -0.25) is 0 Å². The number of nitrogens with one attached hydrogen (secondary N) is 1. The number of halogens is 2. The fourth-order valence-corrected chi connectivity index (χ4v) is 1.47. The molecule has 0 aliphatic rings. The molecule has 0 heterocycles. The molecule has 1 N–H and O–H groups in total. The molecule has 0 aliphatic heterocycles. The molecule has 1 aromatic rings. The quantitative estimate of drug-likeness (QED) is 0.796. The molecule has 0 atom stereocenters. The number of benzene rings is 1. The summed E-state index contributed by atoms with van der Waals surface area (Å²) < 4.78 is 26.2. The predicted molar refractivity (Wildman–Crippen MR) is 61.5 cm³/mol. The first-order valence-corrected chi connectivity index (χ1v) is 5.41. The normalized spacial score (nSPS) is 11.1. The fourth-order valence-electron chi connectivity index (χ4n) is 1.47. The summed E-state index contributed by atoms with van der Waals surface area (Å²) in [7, 11) is 3.86. The molecular weight excluding hydrogens is 210 g/mol. The van der Waals surface area contributed by atoms with Gasteiger partial charge in [-0.2, -0.15) is 0 Å². The molecule has 1 aromatic carbocycles.